The van der Waals surface area contributed by atoms with Crippen LogP contribution in [0.4, 0.5) is 15.8 Å². The van der Waals surface area contributed by atoms with Gasteiger partial charge in [-0.15, -0.1) is 0 Å². The molecule has 8 nitrogen and oxygen atoms in total. The molecule has 9 heteroatoms. The molecular weight excluding hydrogens is 437 g/mol. The molecule has 0 aliphatic carbocycles. The lowest BCUT2D eigenvalue weighted by Gasteiger charge is -2.48. The highest BCUT2D eigenvalue weighted by atomic mass is 19.1. The minimum Gasteiger partial charge on any atom is -0.326 e. The minimum atomic E-state index is -0.745. The number of para-hydroxylation sites is 1. The zero-order valence-corrected chi connectivity index (χ0v) is 18.7. The second-order valence-corrected chi connectivity index (χ2v) is 8.71. The van der Waals surface area contributed by atoms with Crippen molar-refractivity contribution in [1.29, 1.82) is 0 Å². The van der Waals surface area contributed by atoms with E-state index in [-0.39, 0.29) is 24.1 Å². The Balaban J connectivity index is 1.24. The molecule has 2 aromatic carbocycles. The van der Waals surface area contributed by atoms with E-state index in [0.717, 1.165) is 0 Å². The number of rotatable bonds is 6. The third kappa shape index (κ3) is 3.63. The molecule has 1 saturated heterocycles. The molecular formula is C25H24FN5O3. The molecule has 1 aromatic heterocycles. The molecule has 0 radical (unpaired) electrons. The van der Waals surface area contributed by atoms with Gasteiger partial charge in [0.2, 0.25) is 11.8 Å². The lowest BCUT2D eigenvalue weighted by Crippen LogP contribution is -2.62. The Bertz CT molecular complexity index is 1280. The van der Waals surface area contributed by atoms with Crippen LogP contribution in [0.2, 0.25) is 0 Å². The molecule has 174 valence electrons. The van der Waals surface area contributed by atoms with E-state index in [9.17, 15) is 18.8 Å². The monoisotopic (exact) mass is 461 g/mol. The lowest BCUT2D eigenvalue weighted by atomic mass is 9.98. The van der Waals surface area contributed by atoms with E-state index in [2.05, 4.69) is 10.3 Å². The molecule has 0 spiro atoms. The van der Waals surface area contributed by atoms with Crippen molar-refractivity contribution in [3.63, 3.8) is 0 Å². The van der Waals surface area contributed by atoms with Gasteiger partial charge in [0.15, 0.2) is 0 Å². The van der Waals surface area contributed by atoms with Crippen molar-refractivity contribution < 1.29 is 18.8 Å². The van der Waals surface area contributed by atoms with Gasteiger partial charge in [-0.05, 0) is 50.1 Å². The van der Waals surface area contributed by atoms with Crippen LogP contribution in [0.15, 0.2) is 61.2 Å². The largest absolute Gasteiger partial charge is 0.326 e. The lowest BCUT2D eigenvalue weighted by molar-refractivity contribution is -0.118. The van der Waals surface area contributed by atoms with Crippen LogP contribution in [0.25, 0.3) is 5.69 Å². The second kappa shape index (κ2) is 8.40. The van der Waals surface area contributed by atoms with Gasteiger partial charge in [0.1, 0.15) is 11.5 Å². The van der Waals surface area contributed by atoms with E-state index < -0.39 is 11.5 Å². The van der Waals surface area contributed by atoms with Crippen molar-refractivity contribution in [3.8, 4) is 5.69 Å². The number of nitrogens with zero attached hydrogens (tertiary/aromatic N) is 4. The Morgan fingerprint density at radius 1 is 1.18 bits per heavy atom. The SMILES string of the molecule is CC12CCC(=O)N1c1ccccc1C(=O)N2CCCC(=O)Nc1ccc(-n2ccnc2)c(F)c1. The van der Waals surface area contributed by atoms with E-state index in [1.807, 2.05) is 13.0 Å². The van der Waals surface area contributed by atoms with Gasteiger partial charge in [-0.25, -0.2) is 9.37 Å². The van der Waals surface area contributed by atoms with Gasteiger partial charge in [0.05, 0.1) is 23.3 Å². The number of fused-ring (bicyclic) bond motifs is 3. The number of carbonyl (C=O) groups is 3. The number of benzene rings is 2. The first-order chi connectivity index (χ1) is 16.4. The van der Waals surface area contributed by atoms with Gasteiger partial charge >= 0.3 is 0 Å². The smallest absolute Gasteiger partial charge is 0.257 e. The van der Waals surface area contributed by atoms with Crippen molar-refractivity contribution in [2.24, 2.45) is 0 Å². The summed E-state index contributed by atoms with van der Waals surface area (Å²) in [5, 5.41) is 2.71. The van der Waals surface area contributed by atoms with Crippen LogP contribution in [0.3, 0.4) is 0 Å². The van der Waals surface area contributed by atoms with Gasteiger partial charge in [-0.3, -0.25) is 19.3 Å². The first-order valence-corrected chi connectivity index (χ1v) is 11.2. The van der Waals surface area contributed by atoms with Crippen LogP contribution in [0, 0.1) is 5.82 Å². The van der Waals surface area contributed by atoms with Gasteiger partial charge in [0, 0.05) is 37.5 Å². The maximum atomic E-state index is 14.4. The number of anilines is 2. The molecule has 3 amide bonds. The number of carbonyl (C=O) groups excluding carboxylic acids is 3. The summed E-state index contributed by atoms with van der Waals surface area (Å²) in [5.41, 5.74) is 1.09. The van der Waals surface area contributed by atoms with E-state index in [4.69, 9.17) is 0 Å². The van der Waals surface area contributed by atoms with E-state index in [0.29, 0.717) is 48.4 Å². The number of hydrogen-bond donors (Lipinski definition) is 1. The summed E-state index contributed by atoms with van der Waals surface area (Å²) < 4.78 is 16.0. The third-order valence-corrected chi connectivity index (χ3v) is 6.55. The zero-order chi connectivity index (χ0) is 23.9. The van der Waals surface area contributed by atoms with Gasteiger partial charge < -0.3 is 14.8 Å². The molecule has 1 unspecified atom stereocenters. The Kier molecular flexibility index (Phi) is 5.39. The summed E-state index contributed by atoms with van der Waals surface area (Å²) >= 11 is 0. The Morgan fingerprint density at radius 2 is 2.00 bits per heavy atom. The summed E-state index contributed by atoms with van der Waals surface area (Å²) in [6.45, 7) is 2.23. The average Bonchev–Trinajstić information content (AvgIpc) is 3.45. The first kappa shape index (κ1) is 21.8. The fraction of sp³-hybridized carbons (Fsp3) is 0.280. The Labute approximate surface area is 196 Å². The highest BCUT2D eigenvalue weighted by molar-refractivity contribution is 6.10. The first-order valence-electron chi connectivity index (χ1n) is 11.2. The number of hydrogen-bond acceptors (Lipinski definition) is 4. The maximum Gasteiger partial charge on any atom is 0.257 e. The van der Waals surface area contributed by atoms with Crippen molar-refractivity contribution in [2.45, 2.75) is 38.3 Å². The van der Waals surface area contributed by atoms with Crippen LogP contribution < -0.4 is 10.2 Å². The summed E-state index contributed by atoms with van der Waals surface area (Å²) in [6.07, 6.45) is 6.17. The predicted molar refractivity (Wildman–Crippen MR) is 124 cm³/mol. The molecule has 0 saturated carbocycles. The molecule has 0 bridgehead atoms. The molecule has 1 N–H and O–H groups in total. The Hall–Kier alpha value is -4.01. The minimum absolute atomic E-state index is 0.00800. The van der Waals surface area contributed by atoms with Crippen LogP contribution in [-0.4, -0.2) is 44.4 Å². The maximum absolute atomic E-state index is 14.4. The zero-order valence-electron chi connectivity index (χ0n) is 18.7. The summed E-state index contributed by atoms with van der Waals surface area (Å²) in [7, 11) is 0. The molecule has 34 heavy (non-hydrogen) atoms. The van der Waals surface area contributed by atoms with Gasteiger partial charge in [-0.1, -0.05) is 12.1 Å². The molecule has 3 heterocycles. The molecule has 3 aromatic rings. The summed E-state index contributed by atoms with van der Waals surface area (Å²) in [4.78, 5) is 45.7. The van der Waals surface area contributed by atoms with Gasteiger partial charge in [0.25, 0.3) is 5.91 Å². The number of halogens is 1. The normalized spacial score (nSPS) is 19.2. The summed E-state index contributed by atoms with van der Waals surface area (Å²) in [6, 6.07) is 11.6. The average molecular weight is 461 g/mol. The predicted octanol–water partition coefficient (Wildman–Crippen LogP) is 3.73. The number of aromatic nitrogens is 2. The Morgan fingerprint density at radius 3 is 2.76 bits per heavy atom. The van der Waals surface area contributed by atoms with E-state index >= 15 is 0 Å². The standard InChI is InChI=1S/C25H24FN5O3/c1-25-11-10-23(33)31(25)20-6-3-2-5-18(20)24(34)30(25)13-4-7-22(32)28-17-8-9-21(19(26)15-17)29-14-12-27-16-29/h2-3,5-6,8-9,12,14-16H,4,7,10-11,13H2,1H3,(H,28,32). The van der Waals surface area contributed by atoms with Crippen LogP contribution in [0.1, 0.15) is 43.0 Å². The van der Waals surface area contributed by atoms with Crippen molar-refractivity contribution in [3.05, 3.63) is 72.6 Å². The number of nitrogens with one attached hydrogen (secondary N) is 1. The fourth-order valence-electron chi connectivity index (χ4n) is 4.86. The fourth-order valence-corrected chi connectivity index (χ4v) is 4.86. The number of imidazole rings is 1. The van der Waals surface area contributed by atoms with E-state index in [1.54, 1.807) is 57.1 Å². The van der Waals surface area contributed by atoms with E-state index in [1.165, 1.54) is 12.4 Å². The van der Waals surface area contributed by atoms with Crippen molar-refractivity contribution >= 4 is 29.1 Å². The quantitative estimate of drug-likeness (QED) is 0.606. The molecule has 2 aliphatic heterocycles. The van der Waals surface area contributed by atoms with Gasteiger partial charge in [-0.2, -0.15) is 0 Å². The molecule has 1 fully saturated rings. The highest BCUT2D eigenvalue weighted by Crippen LogP contribution is 2.44. The number of amides is 3. The molecule has 1 atom stereocenters. The topological polar surface area (TPSA) is 87.5 Å². The molecule has 2 aliphatic rings. The van der Waals surface area contributed by atoms with Crippen LogP contribution in [0.5, 0.6) is 0 Å². The van der Waals surface area contributed by atoms with Crippen LogP contribution in [-0.2, 0) is 9.59 Å². The summed E-state index contributed by atoms with van der Waals surface area (Å²) in [5.74, 6) is -0.899. The third-order valence-electron chi connectivity index (χ3n) is 6.55. The highest BCUT2D eigenvalue weighted by Gasteiger charge is 2.52. The van der Waals surface area contributed by atoms with Crippen molar-refractivity contribution in [2.75, 3.05) is 16.8 Å². The second-order valence-electron chi connectivity index (χ2n) is 8.71. The molecule has 5 rings (SSSR count). The van der Waals surface area contributed by atoms with Crippen molar-refractivity contribution in [1.82, 2.24) is 14.5 Å². The van der Waals surface area contributed by atoms with Crippen LogP contribution >= 0.6 is 0 Å².